The number of likely N-dealkylation sites (N-methyl/N-ethyl adjacent to an activating group) is 1. The number of methoxy groups -OCH3 is 1. The Morgan fingerprint density at radius 1 is 1.26 bits per heavy atom. The molecule has 0 aliphatic carbocycles. The molecule has 4 nitrogen and oxygen atoms in total. The lowest BCUT2D eigenvalue weighted by Gasteiger charge is -2.17. The predicted octanol–water partition coefficient (Wildman–Crippen LogP) is 2.45. The number of aromatic nitrogens is 1. The van der Waals surface area contributed by atoms with Gasteiger partial charge >= 0.3 is 0 Å². The molecule has 0 saturated carbocycles. The molecular weight excluding hydrogens is 240 g/mol. The van der Waals surface area contributed by atoms with Gasteiger partial charge in [-0.3, -0.25) is 0 Å². The number of nitrogens with zero attached hydrogens (tertiary/aromatic N) is 1. The van der Waals surface area contributed by atoms with Crippen molar-refractivity contribution in [3.63, 3.8) is 0 Å². The molecule has 19 heavy (non-hydrogen) atoms. The van der Waals surface area contributed by atoms with Crippen LogP contribution in [0.4, 0.5) is 0 Å². The van der Waals surface area contributed by atoms with Crippen LogP contribution in [0.3, 0.4) is 0 Å². The summed E-state index contributed by atoms with van der Waals surface area (Å²) in [5.41, 5.74) is 2.42. The van der Waals surface area contributed by atoms with Gasteiger partial charge < -0.3 is 14.5 Å². The Morgan fingerprint density at radius 2 is 2.11 bits per heavy atom. The Hall–Kier alpha value is -1.81. The van der Waals surface area contributed by atoms with Crippen LogP contribution in [-0.4, -0.2) is 24.7 Å². The molecule has 4 heteroatoms. The number of ether oxygens (including phenoxy) is 1. The van der Waals surface area contributed by atoms with Crippen molar-refractivity contribution >= 4 is 0 Å². The maximum atomic E-state index is 5.12. The summed E-state index contributed by atoms with van der Waals surface area (Å²) < 4.78 is 10.2. The van der Waals surface area contributed by atoms with Crippen LogP contribution in [0.1, 0.15) is 18.1 Å². The third-order valence-corrected chi connectivity index (χ3v) is 3.04. The average molecular weight is 260 g/mol. The summed E-state index contributed by atoms with van der Waals surface area (Å²) >= 11 is 0. The number of pyridine rings is 1. The molecule has 2 rings (SSSR count). The van der Waals surface area contributed by atoms with E-state index >= 15 is 0 Å². The van der Waals surface area contributed by atoms with Crippen LogP contribution in [0.2, 0.25) is 0 Å². The Balaban J connectivity index is 1.98. The van der Waals surface area contributed by atoms with Crippen molar-refractivity contribution in [2.75, 3.05) is 13.7 Å². The summed E-state index contributed by atoms with van der Waals surface area (Å²) in [6, 6.07) is 6.36. The van der Waals surface area contributed by atoms with Crippen molar-refractivity contribution in [1.82, 2.24) is 10.3 Å². The topological polar surface area (TPSA) is 47.3 Å². The van der Waals surface area contributed by atoms with E-state index in [9.17, 15) is 0 Å². The molecule has 0 aromatic carbocycles. The molecule has 0 saturated heterocycles. The van der Waals surface area contributed by atoms with Gasteiger partial charge in [0.2, 0.25) is 5.88 Å². The second-order valence-corrected chi connectivity index (χ2v) is 4.50. The normalized spacial score (nSPS) is 12.3. The summed E-state index contributed by atoms with van der Waals surface area (Å²) in [6.45, 7) is 3.07. The molecule has 1 unspecified atom stereocenters. The molecule has 0 fully saturated rings. The monoisotopic (exact) mass is 260 g/mol. The molecule has 0 radical (unpaired) electrons. The van der Waals surface area contributed by atoms with Gasteiger partial charge in [0, 0.05) is 18.3 Å². The van der Waals surface area contributed by atoms with Crippen LogP contribution >= 0.6 is 0 Å². The van der Waals surface area contributed by atoms with Crippen molar-refractivity contribution in [3.8, 4) is 5.88 Å². The van der Waals surface area contributed by atoms with Crippen molar-refractivity contribution in [2.24, 2.45) is 0 Å². The minimum absolute atomic E-state index is 0.387. The first kappa shape index (κ1) is 13.6. The Bertz CT molecular complexity index is 465. The summed E-state index contributed by atoms with van der Waals surface area (Å²) in [6.07, 6.45) is 7.29. The van der Waals surface area contributed by atoms with E-state index in [1.165, 1.54) is 11.1 Å². The van der Waals surface area contributed by atoms with Gasteiger partial charge in [-0.2, -0.15) is 0 Å². The summed E-state index contributed by atoms with van der Waals surface area (Å²) in [5.74, 6) is 0.651. The minimum atomic E-state index is 0.387. The van der Waals surface area contributed by atoms with Crippen LogP contribution in [0.5, 0.6) is 5.88 Å². The zero-order chi connectivity index (χ0) is 13.5. The summed E-state index contributed by atoms with van der Waals surface area (Å²) in [7, 11) is 1.63. The second kappa shape index (κ2) is 6.95. The first-order valence-electron chi connectivity index (χ1n) is 6.55. The van der Waals surface area contributed by atoms with Crippen molar-refractivity contribution in [3.05, 3.63) is 48.0 Å². The third-order valence-electron chi connectivity index (χ3n) is 3.04. The molecule has 0 bridgehead atoms. The molecule has 102 valence electrons. The molecule has 0 spiro atoms. The molecule has 0 aliphatic heterocycles. The highest BCUT2D eigenvalue weighted by atomic mass is 16.5. The first-order valence-corrected chi connectivity index (χ1v) is 6.55. The van der Waals surface area contributed by atoms with Gasteiger partial charge in [-0.15, -0.1) is 0 Å². The molecule has 2 aromatic heterocycles. The lowest BCUT2D eigenvalue weighted by atomic mass is 10.0. The van der Waals surface area contributed by atoms with Crippen LogP contribution < -0.4 is 10.1 Å². The van der Waals surface area contributed by atoms with E-state index in [1.54, 1.807) is 19.6 Å². The third kappa shape index (κ3) is 4.10. The minimum Gasteiger partial charge on any atom is -0.481 e. The Labute approximate surface area is 113 Å². The fraction of sp³-hybridized carbons (Fsp3) is 0.400. The standard InChI is InChI=1S/C15H20N2O2/c1-3-16-14(9-13-6-7-19-11-13)8-12-4-5-15(18-2)17-10-12/h4-7,10-11,14,16H,3,8-9H2,1-2H3. The lowest BCUT2D eigenvalue weighted by Crippen LogP contribution is -2.32. The van der Waals surface area contributed by atoms with E-state index in [2.05, 4.69) is 23.3 Å². The molecular formula is C15H20N2O2. The molecule has 1 atom stereocenters. The van der Waals surface area contributed by atoms with Crippen LogP contribution in [0, 0.1) is 0 Å². The van der Waals surface area contributed by atoms with E-state index < -0.39 is 0 Å². The van der Waals surface area contributed by atoms with Gasteiger partial charge in [0.15, 0.2) is 0 Å². The van der Waals surface area contributed by atoms with Crippen LogP contribution in [-0.2, 0) is 12.8 Å². The van der Waals surface area contributed by atoms with Gasteiger partial charge in [0.25, 0.3) is 0 Å². The number of hydrogen-bond donors (Lipinski definition) is 1. The molecule has 1 N–H and O–H groups in total. The van der Waals surface area contributed by atoms with Gasteiger partial charge in [-0.25, -0.2) is 4.98 Å². The number of rotatable bonds is 7. The van der Waals surface area contributed by atoms with Crippen molar-refractivity contribution in [2.45, 2.75) is 25.8 Å². The molecule has 0 aliphatic rings. The van der Waals surface area contributed by atoms with Crippen LogP contribution in [0.15, 0.2) is 41.3 Å². The SMILES string of the molecule is CCNC(Cc1ccc(OC)nc1)Cc1ccoc1. The van der Waals surface area contributed by atoms with Gasteiger partial charge in [0.1, 0.15) is 0 Å². The highest BCUT2D eigenvalue weighted by Gasteiger charge is 2.10. The van der Waals surface area contributed by atoms with E-state index in [1.807, 2.05) is 18.3 Å². The fourth-order valence-corrected chi connectivity index (χ4v) is 2.14. The zero-order valence-corrected chi connectivity index (χ0v) is 11.4. The second-order valence-electron chi connectivity index (χ2n) is 4.50. The summed E-state index contributed by atoms with van der Waals surface area (Å²) in [4.78, 5) is 4.24. The smallest absolute Gasteiger partial charge is 0.212 e. The number of nitrogens with one attached hydrogen (secondary N) is 1. The van der Waals surface area contributed by atoms with Crippen molar-refractivity contribution in [1.29, 1.82) is 0 Å². The van der Waals surface area contributed by atoms with Crippen molar-refractivity contribution < 1.29 is 9.15 Å². The number of furan rings is 1. The highest BCUT2D eigenvalue weighted by molar-refractivity contribution is 5.19. The Morgan fingerprint density at radius 3 is 2.68 bits per heavy atom. The quantitative estimate of drug-likeness (QED) is 0.830. The largest absolute Gasteiger partial charge is 0.481 e. The van der Waals surface area contributed by atoms with Gasteiger partial charge in [-0.1, -0.05) is 13.0 Å². The molecule has 0 amide bonds. The highest BCUT2D eigenvalue weighted by Crippen LogP contribution is 2.12. The molecule has 2 heterocycles. The predicted molar refractivity (Wildman–Crippen MR) is 74.4 cm³/mol. The van der Waals surface area contributed by atoms with E-state index in [-0.39, 0.29) is 0 Å². The first-order chi connectivity index (χ1) is 9.31. The molecule has 2 aromatic rings. The van der Waals surface area contributed by atoms with E-state index in [0.29, 0.717) is 11.9 Å². The fourth-order valence-electron chi connectivity index (χ4n) is 2.14. The average Bonchev–Trinajstić information content (AvgIpc) is 2.93. The summed E-state index contributed by atoms with van der Waals surface area (Å²) in [5, 5.41) is 3.50. The van der Waals surface area contributed by atoms with E-state index in [4.69, 9.17) is 9.15 Å². The Kier molecular flexibility index (Phi) is 4.98. The maximum absolute atomic E-state index is 5.12. The van der Waals surface area contributed by atoms with Gasteiger partial charge in [0.05, 0.1) is 19.6 Å². The van der Waals surface area contributed by atoms with Crippen LogP contribution in [0.25, 0.3) is 0 Å². The van der Waals surface area contributed by atoms with Gasteiger partial charge in [-0.05, 0) is 36.6 Å². The maximum Gasteiger partial charge on any atom is 0.212 e. The number of hydrogen-bond acceptors (Lipinski definition) is 4. The zero-order valence-electron chi connectivity index (χ0n) is 11.4. The lowest BCUT2D eigenvalue weighted by molar-refractivity contribution is 0.397. The van der Waals surface area contributed by atoms with E-state index in [0.717, 1.165) is 19.4 Å².